The summed E-state index contributed by atoms with van der Waals surface area (Å²) in [6.07, 6.45) is 3.78. The lowest BCUT2D eigenvalue weighted by Crippen LogP contribution is -2.17. The summed E-state index contributed by atoms with van der Waals surface area (Å²) in [5.41, 5.74) is 1.29. The van der Waals surface area contributed by atoms with Gasteiger partial charge in [-0.1, -0.05) is 18.6 Å². The summed E-state index contributed by atoms with van der Waals surface area (Å²) in [6, 6.07) is 6.70. The molecule has 0 aliphatic rings. The van der Waals surface area contributed by atoms with Crippen LogP contribution in [0.2, 0.25) is 0 Å². The van der Waals surface area contributed by atoms with Gasteiger partial charge in [-0.05, 0) is 44.4 Å². The smallest absolute Gasteiger partial charge is 0.229 e. The van der Waals surface area contributed by atoms with Crippen LogP contribution in [0.4, 0.5) is 5.69 Å². The first-order valence-electron chi connectivity index (χ1n) is 8.29. The van der Waals surface area contributed by atoms with E-state index in [0.29, 0.717) is 31.4 Å². The molecule has 142 valence electrons. The maximum Gasteiger partial charge on any atom is 0.229 e. The van der Waals surface area contributed by atoms with Crippen LogP contribution in [-0.4, -0.2) is 39.9 Å². The zero-order valence-electron chi connectivity index (χ0n) is 15.0. The summed E-state index contributed by atoms with van der Waals surface area (Å²) in [4.78, 5) is 12.0. The molecule has 1 rings (SSSR count). The fourth-order valence-corrected chi connectivity index (χ4v) is 3.90. The Hall–Kier alpha value is -1.41. The number of Topliss-reactive ketones (excluding diaryl/α,β-unsaturated/α-hetero) is 1. The molecule has 0 saturated heterocycles. The van der Waals surface area contributed by atoms with Crippen LogP contribution >= 0.6 is 0 Å². The molecular formula is C17H27NO5S2. The molecule has 1 aromatic carbocycles. The minimum absolute atomic E-state index is 0.0931. The third-order valence-corrected chi connectivity index (χ3v) is 6.66. The van der Waals surface area contributed by atoms with Crippen LogP contribution in [0, 0.1) is 0 Å². The third kappa shape index (κ3) is 9.02. The lowest BCUT2D eigenvalue weighted by atomic mass is 10.0. The van der Waals surface area contributed by atoms with Crippen molar-refractivity contribution in [2.75, 3.05) is 16.7 Å². The Bertz CT molecular complexity index is 766. The van der Waals surface area contributed by atoms with Crippen molar-refractivity contribution >= 4 is 31.3 Å². The molecule has 0 fully saturated rings. The van der Waals surface area contributed by atoms with E-state index in [2.05, 4.69) is 4.72 Å². The molecule has 0 atom stereocenters. The number of anilines is 1. The fraction of sp³-hybridized carbons (Fsp3) is 0.588. The molecular weight excluding hydrogens is 362 g/mol. The van der Waals surface area contributed by atoms with Crippen molar-refractivity contribution in [2.24, 2.45) is 0 Å². The number of hydrogen-bond acceptors (Lipinski definition) is 5. The molecule has 25 heavy (non-hydrogen) atoms. The van der Waals surface area contributed by atoms with Gasteiger partial charge < -0.3 is 0 Å². The van der Waals surface area contributed by atoms with E-state index in [1.165, 1.54) is 0 Å². The molecule has 0 radical (unpaired) electrons. The number of unbranched alkanes of at least 4 members (excludes halogenated alkanes) is 2. The van der Waals surface area contributed by atoms with E-state index in [-0.39, 0.29) is 16.8 Å². The summed E-state index contributed by atoms with van der Waals surface area (Å²) in [6.45, 7) is 3.35. The number of rotatable bonds is 11. The van der Waals surface area contributed by atoms with Crippen molar-refractivity contribution in [3.05, 3.63) is 29.8 Å². The van der Waals surface area contributed by atoms with Gasteiger partial charge in [-0.15, -0.1) is 0 Å². The number of ketones is 1. The molecule has 0 aliphatic heterocycles. The van der Waals surface area contributed by atoms with Crippen molar-refractivity contribution in [3.63, 3.8) is 0 Å². The lowest BCUT2D eigenvalue weighted by molar-refractivity contribution is -0.118. The van der Waals surface area contributed by atoms with Crippen molar-refractivity contribution in [1.82, 2.24) is 0 Å². The second-order valence-electron chi connectivity index (χ2n) is 6.51. The molecule has 0 unspecified atom stereocenters. The Morgan fingerprint density at radius 3 is 2.12 bits per heavy atom. The maximum atomic E-state index is 12.0. The predicted molar refractivity (Wildman–Crippen MR) is 101 cm³/mol. The van der Waals surface area contributed by atoms with Crippen molar-refractivity contribution in [2.45, 2.75) is 51.2 Å². The van der Waals surface area contributed by atoms with Crippen molar-refractivity contribution in [3.8, 4) is 0 Å². The van der Waals surface area contributed by atoms with Gasteiger partial charge in [0.1, 0.15) is 5.78 Å². The Labute approximate surface area is 151 Å². The summed E-state index contributed by atoms with van der Waals surface area (Å²) in [7, 11) is -6.30. The highest BCUT2D eigenvalue weighted by atomic mass is 32.2. The molecule has 1 N–H and O–H groups in total. The lowest BCUT2D eigenvalue weighted by Gasteiger charge is -2.07. The number of sulfone groups is 1. The number of nitrogens with one attached hydrogen (secondary N) is 1. The first-order chi connectivity index (χ1) is 11.5. The van der Waals surface area contributed by atoms with Gasteiger partial charge in [0.25, 0.3) is 0 Å². The van der Waals surface area contributed by atoms with Crippen molar-refractivity contribution < 1.29 is 21.6 Å². The SMILES string of the molecule is CC(C)S(=O)(=O)CCCCCC(=O)Cc1ccc(NS(C)(=O)=O)cc1. The minimum Gasteiger partial charge on any atom is -0.299 e. The highest BCUT2D eigenvalue weighted by Gasteiger charge is 2.15. The number of carbonyl (C=O) groups is 1. The van der Waals surface area contributed by atoms with Gasteiger partial charge in [0.2, 0.25) is 10.0 Å². The Morgan fingerprint density at radius 1 is 1.00 bits per heavy atom. The van der Waals surface area contributed by atoms with Gasteiger partial charge in [0, 0.05) is 18.5 Å². The van der Waals surface area contributed by atoms with E-state index >= 15 is 0 Å². The van der Waals surface area contributed by atoms with Gasteiger partial charge in [0.15, 0.2) is 9.84 Å². The van der Waals surface area contributed by atoms with E-state index in [1.807, 2.05) is 0 Å². The summed E-state index contributed by atoms with van der Waals surface area (Å²) in [5.74, 6) is 0.267. The summed E-state index contributed by atoms with van der Waals surface area (Å²) >= 11 is 0. The summed E-state index contributed by atoms with van der Waals surface area (Å²) in [5, 5.41) is -0.353. The van der Waals surface area contributed by atoms with Gasteiger partial charge >= 0.3 is 0 Å². The molecule has 0 spiro atoms. The van der Waals surface area contributed by atoms with Gasteiger partial charge in [-0.3, -0.25) is 9.52 Å². The number of sulfonamides is 1. The second-order valence-corrected chi connectivity index (χ2v) is 10.9. The minimum atomic E-state index is -3.31. The molecule has 0 saturated carbocycles. The summed E-state index contributed by atoms with van der Waals surface area (Å²) < 4.78 is 48.0. The van der Waals surface area contributed by atoms with Crippen LogP contribution in [-0.2, 0) is 31.1 Å². The van der Waals surface area contributed by atoms with E-state index < -0.39 is 19.9 Å². The van der Waals surface area contributed by atoms with E-state index in [4.69, 9.17) is 0 Å². The molecule has 0 heterocycles. The third-order valence-electron chi connectivity index (χ3n) is 3.76. The standard InChI is InChI=1S/C17H27NO5S2/c1-14(2)25(22,23)12-6-4-5-7-17(19)13-15-8-10-16(11-9-15)18-24(3,20)21/h8-11,14,18H,4-7,12-13H2,1-3H3. The fourth-order valence-electron chi connectivity index (χ4n) is 2.26. The van der Waals surface area contributed by atoms with E-state index in [1.54, 1.807) is 38.1 Å². The van der Waals surface area contributed by atoms with Gasteiger partial charge in [-0.25, -0.2) is 16.8 Å². The topological polar surface area (TPSA) is 97.4 Å². The van der Waals surface area contributed by atoms with Gasteiger partial charge in [-0.2, -0.15) is 0 Å². The van der Waals surface area contributed by atoms with Crippen LogP contribution in [0.15, 0.2) is 24.3 Å². The average molecular weight is 390 g/mol. The largest absolute Gasteiger partial charge is 0.299 e. The van der Waals surface area contributed by atoms with Crippen LogP contribution in [0.1, 0.15) is 45.1 Å². The Morgan fingerprint density at radius 2 is 1.60 bits per heavy atom. The second kappa shape index (κ2) is 9.33. The first-order valence-corrected chi connectivity index (χ1v) is 11.9. The highest BCUT2D eigenvalue weighted by molar-refractivity contribution is 7.92. The predicted octanol–water partition coefficient (Wildman–Crippen LogP) is 2.55. The number of carbonyl (C=O) groups excluding carboxylic acids is 1. The normalized spacial score (nSPS) is 12.3. The quantitative estimate of drug-likeness (QED) is 0.587. The molecule has 0 aromatic heterocycles. The molecule has 1 aromatic rings. The van der Waals surface area contributed by atoms with Crippen LogP contribution in [0.3, 0.4) is 0 Å². The van der Waals surface area contributed by atoms with E-state index in [9.17, 15) is 21.6 Å². The van der Waals surface area contributed by atoms with Crippen molar-refractivity contribution in [1.29, 1.82) is 0 Å². The Balaban J connectivity index is 2.33. The average Bonchev–Trinajstić information content (AvgIpc) is 2.47. The maximum absolute atomic E-state index is 12.0. The van der Waals surface area contributed by atoms with Crippen LogP contribution in [0.25, 0.3) is 0 Å². The molecule has 0 aliphatic carbocycles. The molecule has 0 bridgehead atoms. The molecule has 6 nitrogen and oxygen atoms in total. The number of hydrogen-bond donors (Lipinski definition) is 1. The van der Waals surface area contributed by atoms with E-state index in [0.717, 1.165) is 18.2 Å². The number of benzene rings is 1. The monoisotopic (exact) mass is 389 g/mol. The van der Waals surface area contributed by atoms with Crippen LogP contribution < -0.4 is 4.72 Å². The Kier molecular flexibility index (Phi) is 8.08. The first kappa shape index (κ1) is 21.6. The molecule has 8 heteroatoms. The zero-order valence-corrected chi connectivity index (χ0v) is 16.6. The zero-order chi connectivity index (χ0) is 19.1. The van der Waals surface area contributed by atoms with Gasteiger partial charge in [0.05, 0.1) is 17.3 Å². The molecule has 0 amide bonds. The van der Waals surface area contributed by atoms with Crippen LogP contribution in [0.5, 0.6) is 0 Å². The highest BCUT2D eigenvalue weighted by Crippen LogP contribution is 2.13.